The standard InChI is InChI=1S/C18H12ClFN2O3S2/c19-11-1-6-14(23)10(7-11)8-15-17(25)22(18(26)27-15)9-16(24)21-13-4-2-12(20)3-5-13/h1-8,23H,9H2,(H,21,24)/b15-8-. The van der Waals surface area contributed by atoms with Crippen molar-refractivity contribution in [1.82, 2.24) is 4.90 Å². The molecular weight excluding hydrogens is 411 g/mol. The summed E-state index contributed by atoms with van der Waals surface area (Å²) in [5, 5.41) is 12.9. The summed E-state index contributed by atoms with van der Waals surface area (Å²) in [6.07, 6.45) is 1.47. The number of thioether (sulfide) groups is 1. The van der Waals surface area contributed by atoms with Gasteiger partial charge in [-0.25, -0.2) is 4.39 Å². The number of anilines is 1. The fourth-order valence-electron chi connectivity index (χ4n) is 2.30. The number of aromatic hydroxyl groups is 1. The fourth-order valence-corrected chi connectivity index (χ4v) is 3.72. The molecule has 1 fully saturated rings. The minimum absolute atomic E-state index is 0.0290. The van der Waals surface area contributed by atoms with Gasteiger partial charge in [-0.1, -0.05) is 35.6 Å². The Labute approximate surface area is 168 Å². The Bertz CT molecular complexity index is 964. The predicted octanol–water partition coefficient (Wildman–Crippen LogP) is 4.02. The maximum absolute atomic E-state index is 12.9. The summed E-state index contributed by atoms with van der Waals surface area (Å²) in [4.78, 5) is 26.1. The van der Waals surface area contributed by atoms with Gasteiger partial charge >= 0.3 is 0 Å². The van der Waals surface area contributed by atoms with E-state index in [9.17, 15) is 19.1 Å². The summed E-state index contributed by atoms with van der Waals surface area (Å²) in [6.45, 7) is -0.277. The lowest BCUT2D eigenvalue weighted by molar-refractivity contribution is -0.126. The van der Waals surface area contributed by atoms with Crippen LogP contribution in [0, 0.1) is 5.82 Å². The molecule has 1 aliphatic rings. The maximum Gasteiger partial charge on any atom is 0.266 e. The third kappa shape index (κ3) is 4.65. The van der Waals surface area contributed by atoms with Gasteiger partial charge in [0.1, 0.15) is 22.4 Å². The van der Waals surface area contributed by atoms with Crippen molar-refractivity contribution in [3.8, 4) is 5.75 Å². The number of phenols is 1. The number of carbonyl (C=O) groups excluding carboxylic acids is 2. The maximum atomic E-state index is 12.9. The molecule has 138 valence electrons. The number of carbonyl (C=O) groups is 2. The van der Waals surface area contributed by atoms with Gasteiger partial charge in [0.25, 0.3) is 5.91 Å². The number of amides is 2. The van der Waals surface area contributed by atoms with Crippen LogP contribution in [0.15, 0.2) is 47.4 Å². The number of nitrogens with zero attached hydrogens (tertiary/aromatic N) is 1. The number of thiocarbonyl (C=S) groups is 1. The van der Waals surface area contributed by atoms with Crippen molar-refractivity contribution in [2.24, 2.45) is 0 Å². The summed E-state index contributed by atoms with van der Waals surface area (Å²) < 4.78 is 13.1. The Hall–Kier alpha value is -2.42. The zero-order valence-electron chi connectivity index (χ0n) is 13.6. The van der Waals surface area contributed by atoms with Crippen molar-refractivity contribution in [2.75, 3.05) is 11.9 Å². The minimum atomic E-state index is -0.468. The van der Waals surface area contributed by atoms with E-state index in [1.54, 1.807) is 0 Å². The van der Waals surface area contributed by atoms with E-state index >= 15 is 0 Å². The van der Waals surface area contributed by atoms with E-state index < -0.39 is 17.6 Å². The minimum Gasteiger partial charge on any atom is -0.507 e. The summed E-state index contributed by atoms with van der Waals surface area (Å²) >= 11 is 12.1. The van der Waals surface area contributed by atoms with Gasteiger partial charge in [0.05, 0.1) is 4.91 Å². The molecule has 2 N–H and O–H groups in total. The van der Waals surface area contributed by atoms with Crippen LogP contribution in [0.3, 0.4) is 0 Å². The lowest BCUT2D eigenvalue weighted by Crippen LogP contribution is -2.36. The van der Waals surface area contributed by atoms with E-state index in [1.165, 1.54) is 48.5 Å². The SMILES string of the molecule is O=C(CN1C(=O)/C(=C/c2cc(Cl)ccc2O)SC1=S)Nc1ccc(F)cc1. The Morgan fingerprint density at radius 1 is 1.30 bits per heavy atom. The molecule has 5 nitrogen and oxygen atoms in total. The van der Waals surface area contributed by atoms with Crippen LogP contribution in [0.25, 0.3) is 6.08 Å². The van der Waals surface area contributed by atoms with E-state index in [0.29, 0.717) is 16.3 Å². The second kappa shape index (κ2) is 8.08. The Kier molecular flexibility index (Phi) is 5.79. The highest BCUT2D eigenvalue weighted by molar-refractivity contribution is 8.26. The summed E-state index contributed by atoms with van der Waals surface area (Å²) in [5.74, 6) is -1.36. The molecule has 1 saturated heterocycles. The molecule has 1 heterocycles. The summed E-state index contributed by atoms with van der Waals surface area (Å²) in [7, 11) is 0. The molecule has 0 bridgehead atoms. The van der Waals surface area contributed by atoms with E-state index in [-0.39, 0.29) is 21.5 Å². The molecular formula is C18H12ClFN2O3S2. The van der Waals surface area contributed by atoms with E-state index in [0.717, 1.165) is 16.7 Å². The van der Waals surface area contributed by atoms with Crippen LogP contribution >= 0.6 is 35.6 Å². The van der Waals surface area contributed by atoms with Gasteiger partial charge in [0.15, 0.2) is 0 Å². The quantitative estimate of drug-likeness (QED) is 0.575. The fraction of sp³-hybridized carbons (Fsp3) is 0.0556. The van der Waals surface area contributed by atoms with Gasteiger partial charge in [-0.15, -0.1) is 0 Å². The molecule has 27 heavy (non-hydrogen) atoms. The first-order valence-corrected chi connectivity index (χ1v) is 9.23. The van der Waals surface area contributed by atoms with Gasteiger partial charge in [0.2, 0.25) is 5.91 Å². The number of rotatable bonds is 4. The summed E-state index contributed by atoms with van der Waals surface area (Å²) in [5.41, 5.74) is 0.782. The molecule has 0 saturated carbocycles. The van der Waals surface area contributed by atoms with Crippen LogP contribution in [-0.4, -0.2) is 32.7 Å². The smallest absolute Gasteiger partial charge is 0.266 e. The Morgan fingerprint density at radius 2 is 2.00 bits per heavy atom. The van der Waals surface area contributed by atoms with Crippen LogP contribution in [0.1, 0.15) is 5.56 Å². The third-order valence-corrected chi connectivity index (χ3v) is 5.19. The van der Waals surface area contributed by atoms with Gasteiger partial charge in [-0.3, -0.25) is 14.5 Å². The molecule has 2 aromatic rings. The second-order valence-electron chi connectivity index (χ2n) is 5.53. The lowest BCUT2D eigenvalue weighted by atomic mass is 10.2. The van der Waals surface area contributed by atoms with E-state index in [2.05, 4.69) is 5.32 Å². The van der Waals surface area contributed by atoms with Crippen molar-refractivity contribution in [3.05, 3.63) is 63.8 Å². The second-order valence-corrected chi connectivity index (χ2v) is 7.64. The first-order valence-electron chi connectivity index (χ1n) is 7.63. The van der Waals surface area contributed by atoms with E-state index in [1.807, 2.05) is 0 Å². The number of phenolic OH excluding ortho intramolecular Hbond substituents is 1. The zero-order valence-corrected chi connectivity index (χ0v) is 16.0. The van der Waals surface area contributed by atoms with Crippen molar-refractivity contribution in [2.45, 2.75) is 0 Å². The van der Waals surface area contributed by atoms with Crippen molar-refractivity contribution < 1.29 is 19.1 Å². The number of hydrogen-bond acceptors (Lipinski definition) is 5. The molecule has 3 rings (SSSR count). The molecule has 0 atom stereocenters. The molecule has 9 heteroatoms. The van der Waals surface area contributed by atoms with Crippen LogP contribution in [0.5, 0.6) is 5.75 Å². The highest BCUT2D eigenvalue weighted by atomic mass is 35.5. The highest BCUT2D eigenvalue weighted by Crippen LogP contribution is 2.34. The summed E-state index contributed by atoms with van der Waals surface area (Å²) in [6, 6.07) is 9.73. The number of hydrogen-bond donors (Lipinski definition) is 2. The molecule has 1 aliphatic heterocycles. The first kappa shape index (κ1) is 19.3. The van der Waals surface area contributed by atoms with Gasteiger partial charge in [-0.05, 0) is 48.5 Å². The van der Waals surface area contributed by atoms with Crippen molar-refractivity contribution in [1.29, 1.82) is 0 Å². The number of nitrogens with one attached hydrogen (secondary N) is 1. The number of halogens is 2. The molecule has 0 spiro atoms. The average Bonchev–Trinajstić information content (AvgIpc) is 2.87. The highest BCUT2D eigenvalue weighted by Gasteiger charge is 2.33. The average molecular weight is 423 g/mol. The van der Waals surface area contributed by atoms with Gasteiger partial charge in [-0.2, -0.15) is 0 Å². The molecule has 0 radical (unpaired) electrons. The van der Waals surface area contributed by atoms with Crippen LogP contribution in [-0.2, 0) is 9.59 Å². The first-order chi connectivity index (χ1) is 12.8. The third-order valence-electron chi connectivity index (χ3n) is 3.58. The van der Waals surface area contributed by atoms with Crippen LogP contribution in [0.2, 0.25) is 5.02 Å². The molecule has 2 amide bonds. The Balaban J connectivity index is 1.72. The topological polar surface area (TPSA) is 69.6 Å². The Morgan fingerprint density at radius 3 is 2.70 bits per heavy atom. The predicted molar refractivity (Wildman–Crippen MR) is 108 cm³/mol. The van der Waals surface area contributed by atoms with Crippen molar-refractivity contribution >= 4 is 63.5 Å². The monoisotopic (exact) mass is 422 g/mol. The number of benzene rings is 2. The van der Waals surface area contributed by atoms with Crippen molar-refractivity contribution in [3.63, 3.8) is 0 Å². The van der Waals surface area contributed by atoms with Gasteiger partial charge < -0.3 is 10.4 Å². The molecule has 2 aromatic carbocycles. The van der Waals surface area contributed by atoms with Crippen LogP contribution in [0.4, 0.5) is 10.1 Å². The lowest BCUT2D eigenvalue weighted by Gasteiger charge is -2.14. The normalized spacial score (nSPS) is 15.5. The molecule has 0 aromatic heterocycles. The van der Waals surface area contributed by atoms with Gasteiger partial charge in [0, 0.05) is 16.3 Å². The van der Waals surface area contributed by atoms with Crippen LogP contribution < -0.4 is 5.32 Å². The largest absolute Gasteiger partial charge is 0.507 e. The molecule has 0 aliphatic carbocycles. The molecule has 0 unspecified atom stereocenters. The zero-order chi connectivity index (χ0) is 19.6. The van der Waals surface area contributed by atoms with E-state index in [4.69, 9.17) is 23.8 Å².